The predicted octanol–water partition coefficient (Wildman–Crippen LogP) is 4.08. The van der Waals surface area contributed by atoms with Crippen LogP contribution in [-0.2, 0) is 10.4 Å². The molecule has 0 fully saturated rings. The monoisotopic (exact) mass is 291 g/mol. The lowest BCUT2D eigenvalue weighted by atomic mass is 10.4. The molecule has 2 aromatic heterocycles. The molecule has 0 N–H and O–H groups in total. The highest BCUT2D eigenvalue weighted by atomic mass is 35.6. The third-order valence-electron chi connectivity index (χ3n) is 1.96. The van der Waals surface area contributed by atoms with Gasteiger partial charge in [-0.15, -0.1) is 0 Å². The van der Waals surface area contributed by atoms with Gasteiger partial charge in [-0.2, -0.15) is 0 Å². The highest BCUT2D eigenvalue weighted by Crippen LogP contribution is 2.37. The van der Waals surface area contributed by atoms with Gasteiger partial charge in [0.05, 0.1) is 12.0 Å². The Balaban J connectivity index is 2.07. The maximum absolute atomic E-state index is 5.72. The number of pyridine rings is 1. The molecular formula is C11H8Cl3NO2. The van der Waals surface area contributed by atoms with Crippen LogP contribution in [0.5, 0.6) is 5.88 Å². The van der Waals surface area contributed by atoms with Crippen LogP contribution < -0.4 is 4.74 Å². The largest absolute Gasteiger partial charge is 0.469 e. The summed E-state index contributed by atoms with van der Waals surface area (Å²) in [6, 6.07) is 8.60. The summed E-state index contributed by atoms with van der Waals surface area (Å²) >= 11 is 17.2. The van der Waals surface area contributed by atoms with E-state index < -0.39 is 3.79 Å². The zero-order valence-corrected chi connectivity index (χ0v) is 10.8. The SMILES string of the molecule is ClC(Cl)(Cl)c1cccc(OCc2ccco2)n1. The molecule has 0 aliphatic heterocycles. The highest BCUT2D eigenvalue weighted by molar-refractivity contribution is 6.66. The van der Waals surface area contributed by atoms with Gasteiger partial charge in [-0.1, -0.05) is 40.9 Å². The quantitative estimate of drug-likeness (QED) is 0.800. The topological polar surface area (TPSA) is 35.3 Å². The molecule has 2 aromatic rings. The Hall–Kier alpha value is -0.900. The fourth-order valence-corrected chi connectivity index (χ4v) is 1.51. The van der Waals surface area contributed by atoms with Crippen molar-refractivity contribution in [3.8, 4) is 5.88 Å². The van der Waals surface area contributed by atoms with Crippen LogP contribution in [0, 0.1) is 0 Å². The van der Waals surface area contributed by atoms with Crippen molar-refractivity contribution in [3.05, 3.63) is 48.0 Å². The molecule has 2 rings (SSSR count). The van der Waals surface area contributed by atoms with E-state index in [4.69, 9.17) is 44.0 Å². The molecule has 6 heteroatoms. The van der Waals surface area contributed by atoms with Crippen molar-refractivity contribution in [2.45, 2.75) is 10.4 Å². The van der Waals surface area contributed by atoms with Crippen LogP contribution in [0.2, 0.25) is 0 Å². The lowest BCUT2D eigenvalue weighted by Gasteiger charge is -2.11. The maximum atomic E-state index is 5.72. The summed E-state index contributed by atoms with van der Waals surface area (Å²) in [6.07, 6.45) is 1.57. The number of hydrogen-bond donors (Lipinski definition) is 0. The number of halogens is 3. The number of hydrogen-bond acceptors (Lipinski definition) is 3. The summed E-state index contributed by atoms with van der Waals surface area (Å²) in [5.41, 5.74) is 0.319. The van der Waals surface area contributed by atoms with Gasteiger partial charge in [-0.3, -0.25) is 0 Å². The van der Waals surface area contributed by atoms with Gasteiger partial charge in [0.15, 0.2) is 0 Å². The second-order valence-electron chi connectivity index (χ2n) is 3.23. The molecule has 0 spiro atoms. The van der Waals surface area contributed by atoms with Crippen LogP contribution in [0.1, 0.15) is 11.5 Å². The van der Waals surface area contributed by atoms with Gasteiger partial charge in [0.25, 0.3) is 0 Å². The van der Waals surface area contributed by atoms with Crippen molar-refractivity contribution in [2.24, 2.45) is 0 Å². The molecule has 0 amide bonds. The number of aromatic nitrogens is 1. The summed E-state index contributed by atoms with van der Waals surface area (Å²) < 4.78 is 8.98. The fraction of sp³-hybridized carbons (Fsp3) is 0.182. The molecular weight excluding hydrogens is 284 g/mol. The van der Waals surface area contributed by atoms with Gasteiger partial charge in [0.1, 0.15) is 12.4 Å². The second-order valence-corrected chi connectivity index (χ2v) is 5.51. The number of furan rings is 1. The zero-order chi connectivity index (χ0) is 12.3. The second kappa shape index (κ2) is 5.17. The Kier molecular flexibility index (Phi) is 3.82. The van der Waals surface area contributed by atoms with E-state index in [1.54, 1.807) is 36.6 Å². The molecule has 0 saturated carbocycles. The average Bonchev–Trinajstić information content (AvgIpc) is 2.78. The van der Waals surface area contributed by atoms with E-state index >= 15 is 0 Å². The van der Waals surface area contributed by atoms with Crippen LogP contribution in [0.3, 0.4) is 0 Å². The zero-order valence-electron chi connectivity index (χ0n) is 8.57. The minimum absolute atomic E-state index is 0.281. The van der Waals surface area contributed by atoms with Crippen LogP contribution in [0.25, 0.3) is 0 Å². The normalized spacial score (nSPS) is 11.5. The smallest absolute Gasteiger partial charge is 0.232 e. The van der Waals surface area contributed by atoms with Gasteiger partial charge in [-0.25, -0.2) is 4.98 Å². The van der Waals surface area contributed by atoms with Gasteiger partial charge in [0, 0.05) is 6.07 Å². The van der Waals surface area contributed by atoms with E-state index in [0.29, 0.717) is 17.3 Å². The summed E-state index contributed by atoms with van der Waals surface area (Å²) in [7, 11) is 0. The summed E-state index contributed by atoms with van der Waals surface area (Å²) in [5, 5.41) is 0. The number of alkyl halides is 3. The van der Waals surface area contributed by atoms with Crippen LogP contribution in [0.15, 0.2) is 41.0 Å². The minimum Gasteiger partial charge on any atom is -0.469 e. The fourth-order valence-electron chi connectivity index (χ4n) is 1.19. The van der Waals surface area contributed by atoms with E-state index in [-0.39, 0.29) is 6.61 Å². The van der Waals surface area contributed by atoms with E-state index in [9.17, 15) is 0 Å². The molecule has 0 bridgehead atoms. The van der Waals surface area contributed by atoms with Gasteiger partial charge >= 0.3 is 0 Å². The predicted molar refractivity (Wildman–Crippen MR) is 66.5 cm³/mol. The first kappa shape index (κ1) is 12.6. The van der Waals surface area contributed by atoms with E-state index in [0.717, 1.165) is 0 Å². The molecule has 0 aliphatic rings. The van der Waals surface area contributed by atoms with Crippen molar-refractivity contribution in [2.75, 3.05) is 0 Å². The van der Waals surface area contributed by atoms with Crippen molar-refractivity contribution >= 4 is 34.8 Å². The Bertz CT molecular complexity index is 480. The third-order valence-corrected chi connectivity index (χ3v) is 2.54. The molecule has 17 heavy (non-hydrogen) atoms. The van der Waals surface area contributed by atoms with E-state index in [1.807, 2.05) is 0 Å². The summed E-state index contributed by atoms with van der Waals surface area (Å²) in [5.74, 6) is 1.08. The van der Waals surface area contributed by atoms with E-state index in [1.165, 1.54) is 0 Å². The first-order valence-corrected chi connectivity index (χ1v) is 5.88. The molecule has 0 aromatic carbocycles. The standard InChI is InChI=1S/C11H8Cl3NO2/c12-11(13,14)9-4-1-5-10(15-9)17-7-8-3-2-6-16-8/h1-6H,7H2. The first-order chi connectivity index (χ1) is 8.05. The molecule has 0 saturated heterocycles. The summed E-state index contributed by atoms with van der Waals surface area (Å²) in [6.45, 7) is 0.281. The Morgan fingerprint density at radius 1 is 1.18 bits per heavy atom. The third kappa shape index (κ3) is 3.53. The minimum atomic E-state index is -1.55. The Labute approximate surface area is 113 Å². The van der Waals surface area contributed by atoms with Crippen molar-refractivity contribution in [1.29, 1.82) is 0 Å². The molecule has 90 valence electrons. The average molecular weight is 293 g/mol. The van der Waals surface area contributed by atoms with Crippen molar-refractivity contribution < 1.29 is 9.15 Å². The summed E-state index contributed by atoms with van der Waals surface area (Å²) in [4.78, 5) is 4.08. The van der Waals surface area contributed by atoms with E-state index in [2.05, 4.69) is 4.98 Å². The Morgan fingerprint density at radius 3 is 2.65 bits per heavy atom. The Morgan fingerprint density at radius 2 is 2.00 bits per heavy atom. The van der Waals surface area contributed by atoms with Gasteiger partial charge in [-0.05, 0) is 18.2 Å². The molecule has 0 unspecified atom stereocenters. The van der Waals surface area contributed by atoms with Gasteiger partial charge in [0.2, 0.25) is 9.67 Å². The molecule has 0 radical (unpaired) electrons. The first-order valence-electron chi connectivity index (χ1n) is 4.75. The number of nitrogens with zero attached hydrogens (tertiary/aromatic N) is 1. The molecule has 3 nitrogen and oxygen atoms in total. The maximum Gasteiger partial charge on any atom is 0.232 e. The molecule has 2 heterocycles. The van der Waals surface area contributed by atoms with Crippen LogP contribution in [-0.4, -0.2) is 4.98 Å². The van der Waals surface area contributed by atoms with Crippen LogP contribution >= 0.6 is 34.8 Å². The van der Waals surface area contributed by atoms with Crippen LogP contribution in [0.4, 0.5) is 0 Å². The lowest BCUT2D eigenvalue weighted by Crippen LogP contribution is -2.05. The van der Waals surface area contributed by atoms with Crippen molar-refractivity contribution in [1.82, 2.24) is 4.98 Å². The lowest BCUT2D eigenvalue weighted by molar-refractivity contribution is 0.260. The number of rotatable bonds is 3. The molecule has 0 atom stereocenters. The van der Waals surface area contributed by atoms with Crippen molar-refractivity contribution in [3.63, 3.8) is 0 Å². The highest BCUT2D eigenvalue weighted by Gasteiger charge is 2.24. The van der Waals surface area contributed by atoms with Gasteiger partial charge < -0.3 is 9.15 Å². The number of ether oxygens (including phenoxy) is 1. The molecule has 0 aliphatic carbocycles.